The van der Waals surface area contributed by atoms with E-state index in [-0.39, 0.29) is 5.91 Å². The quantitative estimate of drug-likeness (QED) is 0.811. The molecular weight excluding hydrogens is 328 g/mol. The van der Waals surface area contributed by atoms with Crippen LogP contribution < -0.4 is 10.1 Å². The summed E-state index contributed by atoms with van der Waals surface area (Å²) in [4.78, 5) is 12.1. The predicted molar refractivity (Wildman–Crippen MR) is 100 cm³/mol. The molecule has 1 amide bonds. The highest BCUT2D eigenvalue weighted by atomic mass is 16.5. The zero-order valence-electron chi connectivity index (χ0n) is 15.7. The monoisotopic (exact) mass is 356 g/mol. The van der Waals surface area contributed by atoms with Crippen molar-refractivity contribution in [2.45, 2.75) is 59.0 Å². The zero-order valence-corrected chi connectivity index (χ0v) is 15.7. The molecule has 140 valence electrons. The first-order valence-corrected chi connectivity index (χ1v) is 9.52. The van der Waals surface area contributed by atoms with Gasteiger partial charge in [0.25, 0.3) is 0 Å². The van der Waals surface area contributed by atoms with Gasteiger partial charge in [0.15, 0.2) is 0 Å². The molecule has 5 nitrogen and oxygen atoms in total. The molecule has 0 saturated heterocycles. The molecule has 0 bridgehead atoms. The average molecular weight is 356 g/mol. The van der Waals surface area contributed by atoms with Crippen LogP contribution in [0.5, 0.6) is 5.75 Å². The van der Waals surface area contributed by atoms with Crippen LogP contribution in [0.15, 0.2) is 28.8 Å². The van der Waals surface area contributed by atoms with E-state index in [0.717, 1.165) is 34.9 Å². The van der Waals surface area contributed by atoms with Crippen molar-refractivity contribution in [3.8, 4) is 5.75 Å². The lowest BCUT2D eigenvalue weighted by Gasteiger charge is -2.21. The summed E-state index contributed by atoms with van der Waals surface area (Å²) in [5.41, 5.74) is 2.83. The maximum Gasteiger partial charge on any atom is 0.224 e. The Labute approximate surface area is 155 Å². The standard InChI is InChI=1S/C21H28N2O3/c1-15-20(16(2)26-23-15)14-25-19-10-8-17(9-11-19)12-21(24)22-13-18-6-4-3-5-7-18/h8-11,18H,3-7,12-14H2,1-2H3,(H,22,24). The minimum Gasteiger partial charge on any atom is -0.489 e. The number of aryl methyl sites for hydroxylation is 2. The third-order valence-electron chi connectivity index (χ3n) is 5.17. The molecule has 5 heteroatoms. The molecular formula is C21H28N2O3. The SMILES string of the molecule is Cc1noc(C)c1COc1ccc(CC(=O)NCC2CCCCC2)cc1. The molecule has 1 aromatic carbocycles. The number of rotatable bonds is 7. The number of amides is 1. The molecule has 0 aliphatic heterocycles. The second kappa shape index (κ2) is 8.88. The van der Waals surface area contributed by atoms with Gasteiger partial charge in [0.05, 0.1) is 17.7 Å². The Balaban J connectivity index is 1.44. The molecule has 26 heavy (non-hydrogen) atoms. The molecule has 3 rings (SSSR count). The first-order chi connectivity index (χ1) is 12.6. The van der Waals surface area contributed by atoms with E-state index in [9.17, 15) is 4.79 Å². The second-order valence-electron chi connectivity index (χ2n) is 7.22. The lowest BCUT2D eigenvalue weighted by atomic mass is 9.89. The maximum atomic E-state index is 12.1. The molecule has 0 unspecified atom stereocenters. The van der Waals surface area contributed by atoms with Gasteiger partial charge in [-0.25, -0.2) is 0 Å². The summed E-state index contributed by atoms with van der Waals surface area (Å²) in [6, 6.07) is 7.70. The topological polar surface area (TPSA) is 64.4 Å². The summed E-state index contributed by atoms with van der Waals surface area (Å²) in [5.74, 6) is 2.32. The predicted octanol–water partition coefficient (Wildman–Crippen LogP) is 4.11. The Morgan fingerprint density at radius 2 is 1.92 bits per heavy atom. The number of aromatic nitrogens is 1. The molecule has 0 radical (unpaired) electrons. The van der Waals surface area contributed by atoms with Crippen LogP contribution in [0.25, 0.3) is 0 Å². The summed E-state index contributed by atoms with van der Waals surface area (Å²) in [7, 11) is 0. The number of nitrogens with one attached hydrogen (secondary N) is 1. The van der Waals surface area contributed by atoms with Crippen molar-refractivity contribution in [2.24, 2.45) is 5.92 Å². The van der Waals surface area contributed by atoms with Crippen LogP contribution in [0.4, 0.5) is 0 Å². The van der Waals surface area contributed by atoms with Crippen LogP contribution in [0.2, 0.25) is 0 Å². The molecule has 0 atom stereocenters. The van der Waals surface area contributed by atoms with Gasteiger partial charge in [-0.3, -0.25) is 4.79 Å². The fourth-order valence-electron chi connectivity index (χ4n) is 3.46. The van der Waals surface area contributed by atoms with Gasteiger partial charge in [0.1, 0.15) is 18.1 Å². The molecule has 2 aromatic rings. The number of benzene rings is 1. The number of carbonyl (C=O) groups excluding carboxylic acids is 1. The largest absolute Gasteiger partial charge is 0.489 e. The van der Waals surface area contributed by atoms with Crippen molar-refractivity contribution in [3.63, 3.8) is 0 Å². The molecule has 1 fully saturated rings. The lowest BCUT2D eigenvalue weighted by Crippen LogP contribution is -2.31. The van der Waals surface area contributed by atoms with Gasteiger partial charge < -0.3 is 14.6 Å². The van der Waals surface area contributed by atoms with E-state index < -0.39 is 0 Å². The Hall–Kier alpha value is -2.30. The molecule has 1 aliphatic carbocycles. The molecule has 1 heterocycles. The van der Waals surface area contributed by atoms with Crippen molar-refractivity contribution >= 4 is 5.91 Å². The Morgan fingerprint density at radius 1 is 1.19 bits per heavy atom. The highest BCUT2D eigenvalue weighted by molar-refractivity contribution is 5.78. The molecule has 1 saturated carbocycles. The van der Waals surface area contributed by atoms with Crippen molar-refractivity contribution in [3.05, 3.63) is 46.8 Å². The summed E-state index contributed by atoms with van der Waals surface area (Å²) < 4.78 is 10.9. The molecule has 1 N–H and O–H groups in total. The maximum absolute atomic E-state index is 12.1. The van der Waals surface area contributed by atoms with E-state index in [1.54, 1.807) is 0 Å². The summed E-state index contributed by atoms with van der Waals surface area (Å²) in [6.45, 7) is 5.04. The highest BCUT2D eigenvalue weighted by Crippen LogP contribution is 2.23. The molecule has 1 aliphatic rings. The van der Waals surface area contributed by atoms with E-state index in [0.29, 0.717) is 18.9 Å². The fraction of sp³-hybridized carbons (Fsp3) is 0.524. The minimum atomic E-state index is 0.0972. The van der Waals surface area contributed by atoms with Crippen molar-refractivity contribution < 1.29 is 14.1 Å². The zero-order chi connectivity index (χ0) is 18.4. The highest BCUT2D eigenvalue weighted by Gasteiger charge is 2.14. The minimum absolute atomic E-state index is 0.0972. The van der Waals surface area contributed by atoms with Gasteiger partial charge in [0, 0.05) is 6.54 Å². The normalized spacial score (nSPS) is 15.0. The molecule has 1 aromatic heterocycles. The lowest BCUT2D eigenvalue weighted by molar-refractivity contribution is -0.120. The number of ether oxygens (including phenoxy) is 1. The van der Waals surface area contributed by atoms with Gasteiger partial charge in [-0.05, 0) is 50.3 Å². The van der Waals surface area contributed by atoms with Gasteiger partial charge >= 0.3 is 0 Å². The van der Waals surface area contributed by atoms with Crippen molar-refractivity contribution in [1.29, 1.82) is 0 Å². The first kappa shape index (κ1) is 18.5. The van der Waals surface area contributed by atoms with E-state index in [1.807, 2.05) is 38.1 Å². The Kier molecular flexibility index (Phi) is 6.31. The second-order valence-corrected chi connectivity index (χ2v) is 7.22. The van der Waals surface area contributed by atoms with Crippen molar-refractivity contribution in [2.75, 3.05) is 6.54 Å². The van der Waals surface area contributed by atoms with Gasteiger partial charge in [-0.2, -0.15) is 0 Å². The Morgan fingerprint density at radius 3 is 2.58 bits per heavy atom. The van der Waals surface area contributed by atoms with Gasteiger partial charge in [0.2, 0.25) is 5.91 Å². The smallest absolute Gasteiger partial charge is 0.224 e. The number of carbonyl (C=O) groups is 1. The van der Waals surface area contributed by atoms with Crippen LogP contribution in [0.1, 0.15) is 54.7 Å². The summed E-state index contributed by atoms with van der Waals surface area (Å²) in [5, 5.41) is 7.01. The van der Waals surface area contributed by atoms with Crippen molar-refractivity contribution in [1.82, 2.24) is 10.5 Å². The number of hydrogen-bond acceptors (Lipinski definition) is 4. The molecule has 0 spiro atoms. The van der Waals surface area contributed by atoms with E-state index >= 15 is 0 Å². The van der Waals surface area contributed by atoms with Crippen LogP contribution in [-0.2, 0) is 17.8 Å². The Bertz CT molecular complexity index is 696. The third-order valence-corrected chi connectivity index (χ3v) is 5.17. The summed E-state index contributed by atoms with van der Waals surface area (Å²) >= 11 is 0. The van der Waals surface area contributed by atoms with Gasteiger partial charge in [-0.15, -0.1) is 0 Å². The van der Waals surface area contributed by atoms with Crippen LogP contribution in [0.3, 0.4) is 0 Å². The summed E-state index contributed by atoms with van der Waals surface area (Å²) in [6.07, 6.45) is 6.85. The third kappa shape index (κ3) is 5.10. The van der Waals surface area contributed by atoms with Crippen LogP contribution in [-0.4, -0.2) is 17.6 Å². The van der Waals surface area contributed by atoms with Crippen LogP contribution in [0, 0.1) is 19.8 Å². The number of hydrogen-bond donors (Lipinski definition) is 1. The van der Waals surface area contributed by atoms with E-state index in [4.69, 9.17) is 9.26 Å². The number of nitrogens with zero attached hydrogens (tertiary/aromatic N) is 1. The van der Waals surface area contributed by atoms with E-state index in [2.05, 4.69) is 10.5 Å². The first-order valence-electron chi connectivity index (χ1n) is 9.52. The van der Waals surface area contributed by atoms with Gasteiger partial charge in [-0.1, -0.05) is 36.6 Å². The average Bonchev–Trinajstić information content (AvgIpc) is 2.98. The fourth-order valence-corrected chi connectivity index (χ4v) is 3.46. The van der Waals surface area contributed by atoms with E-state index in [1.165, 1.54) is 32.1 Å². The van der Waals surface area contributed by atoms with Crippen LogP contribution >= 0.6 is 0 Å².